The van der Waals surface area contributed by atoms with E-state index in [1.807, 2.05) is 85.7 Å². The van der Waals surface area contributed by atoms with Crippen molar-refractivity contribution >= 4 is 64.8 Å². The first-order valence-electron chi connectivity index (χ1n) is 37.3. The summed E-state index contributed by atoms with van der Waals surface area (Å²) in [6, 6.07) is 12.8. The molecule has 11 atom stereocenters. The number of carbonyl (C=O) groups is 10. The molecule has 7 amide bonds. The lowest BCUT2D eigenvalue weighted by Crippen LogP contribution is -2.54. The minimum absolute atomic E-state index is 0.0266. The molecule has 0 aromatic heterocycles. The van der Waals surface area contributed by atoms with E-state index >= 15 is 0 Å². The number of carbonyl (C=O) groups excluding carboxylic acids is 9. The van der Waals surface area contributed by atoms with Crippen LogP contribution in [-0.4, -0.2) is 255 Å². The maximum absolute atomic E-state index is 14.4. The number of anilines is 1. The van der Waals surface area contributed by atoms with E-state index in [1.165, 1.54) is 33.3 Å². The lowest BCUT2D eigenvalue weighted by atomic mass is 9.83. The highest BCUT2D eigenvalue weighted by atomic mass is 16.6. The summed E-state index contributed by atoms with van der Waals surface area (Å²) in [7, 11) is 7.52. The van der Waals surface area contributed by atoms with Gasteiger partial charge in [0.15, 0.2) is 11.6 Å². The summed E-state index contributed by atoms with van der Waals surface area (Å²) < 4.78 is 49.2. The highest BCUT2D eigenvalue weighted by molar-refractivity contribution is 5.97. The van der Waals surface area contributed by atoms with Gasteiger partial charge in [-0.05, 0) is 79.0 Å². The third-order valence-electron chi connectivity index (χ3n) is 19.0. The van der Waals surface area contributed by atoms with E-state index in [2.05, 4.69) is 16.0 Å². The first kappa shape index (κ1) is 95.0. The maximum atomic E-state index is 14.4. The van der Waals surface area contributed by atoms with Crippen molar-refractivity contribution in [3.05, 3.63) is 65.7 Å². The SMILES string of the molecule is CC(C)[C@H](NC(=O)CCOCCOCCOCCOCCOCCOCCN)C(=O)C[C@@H](CCCNC(N)=O)C(=O)Nc1ccc(CO)cc1.CC[C@H](C)[C@@H]([C@@H](CC(=O)N1CCC[C@H]1[C@H](OC)[C@@H](C)C(=O)C[C@@H](Cc1ccccc1)C(=O)O)OC)N(C)C(=O)[C@@H](CC(=O)[C@H](C(C)C)N(C)C(=O)OC)C(C)C. The smallest absolute Gasteiger partial charge is 0.409 e. The van der Waals surface area contributed by atoms with Crippen LogP contribution in [0.2, 0.25) is 0 Å². The van der Waals surface area contributed by atoms with Crippen LogP contribution in [-0.2, 0) is 94.0 Å². The van der Waals surface area contributed by atoms with Gasteiger partial charge in [0.2, 0.25) is 23.6 Å². The zero-order valence-electron chi connectivity index (χ0n) is 65.5. The molecule has 9 N–H and O–H groups in total. The summed E-state index contributed by atoms with van der Waals surface area (Å²) in [5.74, 6) is -6.56. The van der Waals surface area contributed by atoms with Gasteiger partial charge in [-0.2, -0.15) is 0 Å². The molecule has 1 saturated heterocycles. The first-order chi connectivity index (χ1) is 50.5. The molecule has 1 fully saturated rings. The van der Waals surface area contributed by atoms with Gasteiger partial charge < -0.3 is 95.0 Å². The van der Waals surface area contributed by atoms with Crippen molar-refractivity contribution in [2.45, 2.75) is 176 Å². The van der Waals surface area contributed by atoms with Gasteiger partial charge in [-0.1, -0.05) is 111 Å². The Kier molecular flexibility index (Phi) is 48.1. The molecule has 2 aromatic rings. The zero-order valence-corrected chi connectivity index (χ0v) is 65.5. The van der Waals surface area contributed by atoms with Gasteiger partial charge in [0.25, 0.3) is 0 Å². The number of Topliss-reactive ketones (excluding diaryl/α,β-unsaturated/α-hetero) is 3. The molecule has 0 saturated carbocycles. The molecule has 3 rings (SSSR count). The van der Waals surface area contributed by atoms with Crippen LogP contribution in [0, 0.1) is 47.3 Å². The molecule has 29 nitrogen and oxygen atoms in total. The molecule has 2 aromatic carbocycles. The third kappa shape index (κ3) is 35.3. The Labute approximate surface area is 628 Å². The number of aliphatic hydroxyl groups excluding tert-OH is 1. The molecule has 602 valence electrons. The van der Waals surface area contributed by atoms with Crippen molar-refractivity contribution in [2.24, 2.45) is 58.8 Å². The number of aliphatic carboxylic acids is 1. The van der Waals surface area contributed by atoms with Gasteiger partial charge in [0, 0.05) is 97.1 Å². The summed E-state index contributed by atoms with van der Waals surface area (Å²) in [4.78, 5) is 135. The van der Waals surface area contributed by atoms with E-state index in [-0.39, 0.29) is 123 Å². The number of hydrogen-bond donors (Lipinski definition) is 7. The minimum Gasteiger partial charge on any atom is -0.481 e. The fraction of sp³-hybridized carbons (Fsp3) is 0.714. The first-order valence-corrected chi connectivity index (χ1v) is 37.3. The lowest BCUT2D eigenvalue weighted by molar-refractivity contribution is -0.149. The largest absolute Gasteiger partial charge is 0.481 e. The van der Waals surface area contributed by atoms with Gasteiger partial charge in [0.05, 0.1) is 142 Å². The number of carboxylic acids is 1. The van der Waals surface area contributed by atoms with Crippen molar-refractivity contribution in [1.29, 1.82) is 0 Å². The molecule has 0 bridgehead atoms. The Hall–Kier alpha value is -7.06. The number of hydrogen-bond acceptors (Lipinski definition) is 21. The standard InChI is InChI=1S/C43H69N3O10.C34H59N5O11/c1-13-28(6)39(44(8)41(50)32(26(2)3)24-35(48)38(27(4)5)45(9)43(53)56-12)36(54-10)25-37(49)46-21-17-20-33(46)40(55-11)29(7)34(47)23-31(42(51)52)22-30-18-15-14-16-19-30;1-26(2)32(30(41)24-28(4-3-11-37-34(36)44)33(43)38-29-7-5-27(25-40)6-8-29)39-31(42)9-12-45-14-16-47-18-20-49-22-23-50-21-19-48-17-15-46-13-10-35/h14-16,18-19,26-29,31-33,36,38-40H,13,17,20-25H2,1-12H3,(H,51,52);5-8,26,28,32,40H,3-4,9-25,35H2,1-2H3,(H,38,43)(H,39,42)(H3,36,37,44)/t28-,29-,31+,32-,33-,36+,38-,39-,40+;28-,32+/m01/s1. The van der Waals surface area contributed by atoms with Crippen LogP contribution in [0.3, 0.4) is 0 Å². The second-order valence-electron chi connectivity index (χ2n) is 27.9. The van der Waals surface area contributed by atoms with E-state index in [1.54, 1.807) is 48.0 Å². The number of primary amides is 1. The van der Waals surface area contributed by atoms with E-state index in [4.69, 9.17) is 54.1 Å². The molecule has 0 unspecified atom stereocenters. The summed E-state index contributed by atoms with van der Waals surface area (Å²) in [5, 5.41) is 27.3. The number of urea groups is 1. The van der Waals surface area contributed by atoms with Crippen molar-refractivity contribution in [3.63, 3.8) is 0 Å². The van der Waals surface area contributed by atoms with Crippen molar-refractivity contribution in [1.82, 2.24) is 25.3 Å². The number of ketones is 3. The van der Waals surface area contributed by atoms with Crippen molar-refractivity contribution in [2.75, 3.05) is 140 Å². The van der Waals surface area contributed by atoms with Crippen LogP contribution < -0.4 is 27.4 Å². The van der Waals surface area contributed by atoms with Gasteiger partial charge in [0.1, 0.15) is 5.78 Å². The predicted molar refractivity (Wildman–Crippen MR) is 400 cm³/mol. The second-order valence-corrected chi connectivity index (χ2v) is 27.9. The quantitative estimate of drug-likeness (QED) is 0.0348. The Balaban J connectivity index is 0.000000725. The Morgan fingerprint density at radius 3 is 1.68 bits per heavy atom. The summed E-state index contributed by atoms with van der Waals surface area (Å²) in [6.45, 7) is 23.0. The number of nitrogens with zero attached hydrogens (tertiary/aromatic N) is 3. The number of carboxylic acid groups (broad SMARTS) is 1. The molecule has 1 aliphatic heterocycles. The number of amides is 7. The maximum Gasteiger partial charge on any atom is 0.409 e. The number of likely N-dealkylation sites (N-methyl/N-ethyl adjacent to an activating group) is 2. The zero-order chi connectivity index (χ0) is 79.3. The lowest BCUT2D eigenvalue weighted by Gasteiger charge is -2.41. The van der Waals surface area contributed by atoms with Gasteiger partial charge in [-0.25, -0.2) is 9.59 Å². The third-order valence-corrected chi connectivity index (χ3v) is 19.0. The molecule has 106 heavy (non-hydrogen) atoms. The van der Waals surface area contributed by atoms with Gasteiger partial charge in [-0.3, -0.25) is 38.4 Å². The van der Waals surface area contributed by atoms with Crippen molar-refractivity contribution < 1.29 is 101 Å². The van der Waals surface area contributed by atoms with E-state index < -0.39 is 78.1 Å². The summed E-state index contributed by atoms with van der Waals surface area (Å²) in [5.41, 5.74) is 12.5. The second kappa shape index (κ2) is 53.7. The summed E-state index contributed by atoms with van der Waals surface area (Å²) in [6.07, 6.45) is 0.721. The number of nitrogens with one attached hydrogen (secondary N) is 3. The van der Waals surface area contributed by atoms with E-state index in [9.17, 15) is 58.2 Å². The molecule has 1 aliphatic rings. The van der Waals surface area contributed by atoms with Gasteiger partial charge in [-0.15, -0.1) is 0 Å². The van der Waals surface area contributed by atoms with E-state index in [0.29, 0.717) is 129 Å². The van der Waals surface area contributed by atoms with Crippen molar-refractivity contribution in [3.8, 4) is 0 Å². The van der Waals surface area contributed by atoms with Crippen LogP contribution in [0.1, 0.15) is 138 Å². The highest BCUT2D eigenvalue weighted by Gasteiger charge is 2.44. The fourth-order valence-electron chi connectivity index (χ4n) is 12.9. The number of benzene rings is 2. The molecular formula is C77H128N8O21. The topological polar surface area (TPSA) is 392 Å². The molecular weight excluding hydrogens is 1370 g/mol. The number of rotatable bonds is 55. The number of aliphatic hydroxyl groups is 1. The average Bonchev–Trinajstić information content (AvgIpc) is 1.76. The van der Waals surface area contributed by atoms with Crippen LogP contribution in [0.4, 0.5) is 15.3 Å². The molecule has 0 radical (unpaired) electrons. The minimum atomic E-state index is -1.04. The number of likely N-dealkylation sites (tertiary alicyclic amines) is 1. The number of methoxy groups -OCH3 is 3. The normalized spacial score (nSPS) is 15.7. The summed E-state index contributed by atoms with van der Waals surface area (Å²) >= 11 is 0. The Bertz CT molecular complexity index is 2890. The number of nitrogens with two attached hydrogens (primary N) is 2. The molecule has 29 heteroatoms. The van der Waals surface area contributed by atoms with Gasteiger partial charge >= 0.3 is 18.1 Å². The number of ether oxygens (including phenoxy) is 9. The Morgan fingerprint density at radius 1 is 0.642 bits per heavy atom. The van der Waals surface area contributed by atoms with Crippen LogP contribution in [0.15, 0.2) is 54.6 Å². The highest BCUT2D eigenvalue weighted by Crippen LogP contribution is 2.33. The molecule has 1 heterocycles. The average molecular weight is 1500 g/mol. The molecule has 0 spiro atoms. The van der Waals surface area contributed by atoms with E-state index in [0.717, 1.165) is 5.56 Å². The van der Waals surface area contributed by atoms with Crippen LogP contribution in [0.5, 0.6) is 0 Å². The monoisotopic (exact) mass is 1500 g/mol. The Morgan fingerprint density at radius 2 is 1.20 bits per heavy atom. The fourth-order valence-corrected chi connectivity index (χ4v) is 12.9. The van der Waals surface area contributed by atoms with Crippen LogP contribution in [0.25, 0.3) is 0 Å². The van der Waals surface area contributed by atoms with Crippen LogP contribution >= 0.6 is 0 Å². The molecule has 0 aliphatic carbocycles. The predicted octanol–water partition coefficient (Wildman–Crippen LogP) is 6.49.